The molecule has 1 aliphatic carbocycles. The largest absolute Gasteiger partial charge is 0.359 e. The van der Waals surface area contributed by atoms with Crippen LogP contribution in [0.25, 0.3) is 0 Å². The lowest BCUT2D eigenvalue weighted by molar-refractivity contribution is -0.130. The van der Waals surface area contributed by atoms with Gasteiger partial charge in [0.15, 0.2) is 0 Å². The molecule has 134 valence electrons. The molecule has 2 aliphatic rings. The molecule has 1 aliphatic heterocycles. The van der Waals surface area contributed by atoms with E-state index in [0.29, 0.717) is 31.1 Å². The zero-order valence-corrected chi connectivity index (χ0v) is 14.6. The number of hydrogen-bond donors (Lipinski definition) is 2. The zero-order valence-electron chi connectivity index (χ0n) is 14.6. The standard InChI is InChI=1S/C19H25N3O3/c1-20-17(23)10-13-6-8-15(9-7-13)21-19(25)14-11-18(24)22(12-14)16-4-2-3-5-16/h6-9,14,16H,2-5,10-12H2,1H3,(H,20,23)(H,21,25). The molecule has 1 aromatic rings. The lowest BCUT2D eigenvalue weighted by Gasteiger charge is -2.23. The summed E-state index contributed by atoms with van der Waals surface area (Å²) in [6, 6.07) is 7.57. The second kappa shape index (κ2) is 7.68. The summed E-state index contributed by atoms with van der Waals surface area (Å²) < 4.78 is 0. The molecule has 1 heterocycles. The number of carbonyl (C=O) groups excluding carboxylic acids is 3. The Labute approximate surface area is 148 Å². The molecule has 1 unspecified atom stereocenters. The van der Waals surface area contributed by atoms with Gasteiger partial charge in [0.25, 0.3) is 0 Å². The van der Waals surface area contributed by atoms with Crippen molar-refractivity contribution in [1.29, 1.82) is 0 Å². The second-order valence-corrected chi connectivity index (χ2v) is 6.92. The SMILES string of the molecule is CNC(=O)Cc1ccc(NC(=O)C2CC(=O)N(C3CCCC3)C2)cc1. The third kappa shape index (κ3) is 4.18. The van der Waals surface area contributed by atoms with Crippen molar-refractivity contribution in [2.75, 3.05) is 18.9 Å². The minimum absolute atomic E-state index is 0.0479. The number of anilines is 1. The first-order valence-electron chi connectivity index (χ1n) is 8.96. The quantitative estimate of drug-likeness (QED) is 0.854. The summed E-state index contributed by atoms with van der Waals surface area (Å²) in [7, 11) is 1.61. The van der Waals surface area contributed by atoms with Gasteiger partial charge in [-0.3, -0.25) is 14.4 Å². The minimum atomic E-state index is -0.279. The Morgan fingerprint density at radius 2 is 1.84 bits per heavy atom. The fourth-order valence-corrected chi connectivity index (χ4v) is 3.70. The van der Waals surface area contributed by atoms with Gasteiger partial charge in [-0.05, 0) is 30.5 Å². The first-order chi connectivity index (χ1) is 12.1. The molecule has 6 heteroatoms. The van der Waals surface area contributed by atoms with Crippen molar-refractivity contribution < 1.29 is 14.4 Å². The maximum absolute atomic E-state index is 12.5. The highest BCUT2D eigenvalue weighted by Gasteiger charge is 2.38. The zero-order chi connectivity index (χ0) is 17.8. The summed E-state index contributed by atoms with van der Waals surface area (Å²) in [5.41, 5.74) is 1.58. The first kappa shape index (κ1) is 17.5. The number of nitrogens with zero attached hydrogens (tertiary/aromatic N) is 1. The van der Waals surface area contributed by atoms with E-state index in [0.717, 1.165) is 18.4 Å². The number of amides is 3. The Bertz CT molecular complexity index is 650. The van der Waals surface area contributed by atoms with Crippen LogP contribution < -0.4 is 10.6 Å². The molecule has 25 heavy (non-hydrogen) atoms. The highest BCUT2D eigenvalue weighted by atomic mass is 16.2. The van der Waals surface area contributed by atoms with Crippen LogP contribution in [0.3, 0.4) is 0 Å². The summed E-state index contributed by atoms with van der Waals surface area (Å²) in [6.45, 7) is 0.532. The van der Waals surface area contributed by atoms with Gasteiger partial charge in [0.2, 0.25) is 17.7 Å². The normalized spacial score (nSPS) is 20.8. The van der Waals surface area contributed by atoms with Crippen molar-refractivity contribution in [3.8, 4) is 0 Å². The Morgan fingerprint density at radius 3 is 2.48 bits per heavy atom. The molecule has 6 nitrogen and oxygen atoms in total. The van der Waals surface area contributed by atoms with E-state index in [4.69, 9.17) is 0 Å². The van der Waals surface area contributed by atoms with Gasteiger partial charge >= 0.3 is 0 Å². The van der Waals surface area contributed by atoms with Crippen molar-refractivity contribution in [1.82, 2.24) is 10.2 Å². The van der Waals surface area contributed by atoms with Crippen LogP contribution in [0.15, 0.2) is 24.3 Å². The van der Waals surface area contributed by atoms with Crippen LogP contribution in [0.4, 0.5) is 5.69 Å². The Morgan fingerprint density at radius 1 is 1.16 bits per heavy atom. The fraction of sp³-hybridized carbons (Fsp3) is 0.526. The van der Waals surface area contributed by atoms with Crippen molar-refractivity contribution in [2.24, 2.45) is 5.92 Å². The second-order valence-electron chi connectivity index (χ2n) is 6.92. The van der Waals surface area contributed by atoms with E-state index in [1.54, 1.807) is 19.2 Å². The number of hydrogen-bond acceptors (Lipinski definition) is 3. The van der Waals surface area contributed by atoms with Gasteiger partial charge in [-0.1, -0.05) is 25.0 Å². The monoisotopic (exact) mass is 343 g/mol. The number of carbonyl (C=O) groups is 3. The predicted molar refractivity (Wildman–Crippen MR) is 94.9 cm³/mol. The summed E-state index contributed by atoms with van der Waals surface area (Å²) in [5.74, 6) is -0.326. The maximum Gasteiger partial charge on any atom is 0.229 e. The number of benzene rings is 1. The molecule has 1 atom stereocenters. The van der Waals surface area contributed by atoms with E-state index < -0.39 is 0 Å². The van der Waals surface area contributed by atoms with Crippen LogP contribution in [0.2, 0.25) is 0 Å². The van der Waals surface area contributed by atoms with Gasteiger partial charge in [0, 0.05) is 31.7 Å². The van der Waals surface area contributed by atoms with Crippen molar-refractivity contribution in [3.63, 3.8) is 0 Å². The van der Waals surface area contributed by atoms with Gasteiger partial charge in [-0.2, -0.15) is 0 Å². The lowest BCUT2D eigenvalue weighted by Crippen LogP contribution is -2.35. The maximum atomic E-state index is 12.5. The predicted octanol–water partition coefficient (Wildman–Crippen LogP) is 1.70. The molecule has 1 saturated heterocycles. The van der Waals surface area contributed by atoms with Crippen LogP contribution in [0.1, 0.15) is 37.7 Å². The third-order valence-electron chi connectivity index (χ3n) is 5.16. The van der Waals surface area contributed by atoms with Gasteiger partial charge in [-0.15, -0.1) is 0 Å². The molecule has 1 aromatic carbocycles. The van der Waals surface area contributed by atoms with E-state index in [2.05, 4.69) is 10.6 Å². The molecule has 0 aromatic heterocycles. The summed E-state index contributed by atoms with van der Waals surface area (Å²) in [6.07, 6.45) is 5.09. The molecule has 2 N–H and O–H groups in total. The fourth-order valence-electron chi connectivity index (χ4n) is 3.70. The number of nitrogens with one attached hydrogen (secondary N) is 2. The summed E-state index contributed by atoms with van der Waals surface area (Å²) in [5, 5.41) is 5.48. The van der Waals surface area contributed by atoms with Gasteiger partial charge in [0.05, 0.1) is 12.3 Å². The van der Waals surface area contributed by atoms with E-state index in [9.17, 15) is 14.4 Å². The third-order valence-corrected chi connectivity index (χ3v) is 5.16. The number of rotatable bonds is 5. The molecule has 0 spiro atoms. The first-order valence-corrected chi connectivity index (χ1v) is 8.96. The number of likely N-dealkylation sites (tertiary alicyclic amines) is 1. The lowest BCUT2D eigenvalue weighted by atomic mass is 10.1. The van der Waals surface area contributed by atoms with Gasteiger partial charge in [-0.25, -0.2) is 0 Å². The van der Waals surface area contributed by atoms with Crippen molar-refractivity contribution >= 4 is 23.4 Å². The minimum Gasteiger partial charge on any atom is -0.359 e. The Kier molecular flexibility index (Phi) is 5.36. The Hall–Kier alpha value is -2.37. The van der Waals surface area contributed by atoms with Crippen LogP contribution >= 0.6 is 0 Å². The molecule has 1 saturated carbocycles. The average Bonchev–Trinajstić information content (AvgIpc) is 3.25. The molecular weight excluding hydrogens is 318 g/mol. The number of likely N-dealkylation sites (N-methyl/N-ethyl adjacent to an activating group) is 1. The van der Waals surface area contributed by atoms with Crippen LogP contribution in [0.5, 0.6) is 0 Å². The highest BCUT2D eigenvalue weighted by molar-refractivity contribution is 5.97. The van der Waals surface area contributed by atoms with Crippen LogP contribution in [-0.4, -0.2) is 42.3 Å². The molecule has 2 fully saturated rings. The molecule has 3 rings (SSSR count). The van der Waals surface area contributed by atoms with E-state index in [-0.39, 0.29) is 23.6 Å². The van der Waals surface area contributed by atoms with E-state index in [1.165, 1.54) is 12.8 Å². The van der Waals surface area contributed by atoms with Gasteiger partial charge in [0.1, 0.15) is 0 Å². The van der Waals surface area contributed by atoms with E-state index in [1.807, 2.05) is 17.0 Å². The Balaban J connectivity index is 1.55. The average molecular weight is 343 g/mol. The van der Waals surface area contributed by atoms with Crippen molar-refractivity contribution in [3.05, 3.63) is 29.8 Å². The summed E-state index contributed by atoms with van der Waals surface area (Å²) in [4.78, 5) is 38.0. The molecule has 0 radical (unpaired) electrons. The smallest absolute Gasteiger partial charge is 0.229 e. The molecule has 3 amide bonds. The van der Waals surface area contributed by atoms with Crippen LogP contribution in [-0.2, 0) is 20.8 Å². The molecular formula is C19H25N3O3. The summed E-state index contributed by atoms with van der Waals surface area (Å²) >= 11 is 0. The van der Waals surface area contributed by atoms with E-state index >= 15 is 0 Å². The van der Waals surface area contributed by atoms with Crippen LogP contribution in [0, 0.1) is 5.92 Å². The van der Waals surface area contributed by atoms with Crippen molar-refractivity contribution in [2.45, 2.75) is 44.6 Å². The van der Waals surface area contributed by atoms with Gasteiger partial charge < -0.3 is 15.5 Å². The highest BCUT2D eigenvalue weighted by Crippen LogP contribution is 2.30. The molecule has 0 bridgehead atoms. The topological polar surface area (TPSA) is 78.5 Å².